The summed E-state index contributed by atoms with van der Waals surface area (Å²) in [6, 6.07) is -0.200. The van der Waals surface area contributed by atoms with Crippen LogP contribution in [-0.2, 0) is 9.59 Å². The molecule has 0 aromatic heterocycles. The number of rotatable bonds is 5. The van der Waals surface area contributed by atoms with E-state index in [1.165, 1.54) is 0 Å². The van der Waals surface area contributed by atoms with Gasteiger partial charge in [0.25, 0.3) is 0 Å². The molecule has 1 spiro atoms. The zero-order valence-corrected chi connectivity index (χ0v) is 13.8. The summed E-state index contributed by atoms with van der Waals surface area (Å²) < 4.78 is 0. The minimum atomic E-state index is -0.602. The van der Waals surface area contributed by atoms with Crippen molar-refractivity contribution in [2.75, 3.05) is 20.6 Å². The predicted molar refractivity (Wildman–Crippen MR) is 82.9 cm³/mol. The van der Waals surface area contributed by atoms with Crippen molar-refractivity contribution in [1.82, 2.24) is 15.1 Å². The monoisotopic (exact) mass is 295 g/mol. The fraction of sp³-hybridized carbons (Fsp3) is 0.875. The van der Waals surface area contributed by atoms with Gasteiger partial charge in [-0.25, -0.2) is 0 Å². The van der Waals surface area contributed by atoms with Crippen molar-refractivity contribution in [2.24, 2.45) is 0 Å². The van der Waals surface area contributed by atoms with Gasteiger partial charge in [-0.15, -0.1) is 0 Å². The first-order valence-corrected chi connectivity index (χ1v) is 8.21. The molecule has 0 radical (unpaired) electrons. The van der Waals surface area contributed by atoms with Crippen LogP contribution in [0.5, 0.6) is 0 Å². The summed E-state index contributed by atoms with van der Waals surface area (Å²) in [6.07, 6.45) is 5.24. The van der Waals surface area contributed by atoms with Gasteiger partial charge < -0.3 is 15.1 Å². The quantitative estimate of drug-likeness (QED) is 0.833. The first-order chi connectivity index (χ1) is 9.91. The maximum Gasteiger partial charge on any atom is 0.249 e. The summed E-state index contributed by atoms with van der Waals surface area (Å²) >= 11 is 0. The van der Waals surface area contributed by atoms with Gasteiger partial charge in [0.15, 0.2) is 0 Å². The highest BCUT2D eigenvalue weighted by atomic mass is 16.2. The van der Waals surface area contributed by atoms with Crippen LogP contribution in [0, 0.1) is 0 Å². The maximum atomic E-state index is 13.0. The summed E-state index contributed by atoms with van der Waals surface area (Å²) in [5, 5.41) is 3.05. The lowest BCUT2D eigenvalue weighted by atomic mass is 9.88. The second-order valence-corrected chi connectivity index (χ2v) is 6.86. The minimum Gasteiger partial charge on any atom is -0.340 e. The van der Waals surface area contributed by atoms with Crippen molar-refractivity contribution in [3.8, 4) is 0 Å². The Morgan fingerprint density at radius 3 is 2.48 bits per heavy atom. The Labute approximate surface area is 128 Å². The first-order valence-electron chi connectivity index (χ1n) is 8.21. The standard InChI is InChI=1S/C16H29N3O2/c1-5-13-14(20)17-16(9-6-7-10-16)15(21)19(13)12(2)8-11-18(3)4/h12-13H,5-11H2,1-4H3,(H,17,20). The smallest absolute Gasteiger partial charge is 0.249 e. The van der Waals surface area contributed by atoms with E-state index in [2.05, 4.69) is 17.1 Å². The highest BCUT2D eigenvalue weighted by Crippen LogP contribution is 2.36. The predicted octanol–water partition coefficient (Wildman–Crippen LogP) is 1.38. The van der Waals surface area contributed by atoms with Gasteiger partial charge in [-0.1, -0.05) is 19.8 Å². The lowest BCUT2D eigenvalue weighted by Crippen LogP contribution is -2.70. The Morgan fingerprint density at radius 1 is 1.33 bits per heavy atom. The van der Waals surface area contributed by atoms with Crippen molar-refractivity contribution >= 4 is 11.8 Å². The molecule has 1 aliphatic carbocycles. The van der Waals surface area contributed by atoms with Gasteiger partial charge in [-0.3, -0.25) is 9.59 Å². The molecule has 2 fully saturated rings. The van der Waals surface area contributed by atoms with Crippen LogP contribution in [0.3, 0.4) is 0 Å². The number of amides is 2. The number of carbonyl (C=O) groups excluding carboxylic acids is 2. The van der Waals surface area contributed by atoms with Gasteiger partial charge in [0.2, 0.25) is 11.8 Å². The lowest BCUT2D eigenvalue weighted by Gasteiger charge is -2.47. The Hall–Kier alpha value is -1.10. The molecular formula is C16H29N3O2. The van der Waals surface area contributed by atoms with Crippen LogP contribution in [-0.4, -0.2) is 59.9 Å². The molecule has 0 bridgehead atoms. The molecule has 2 rings (SSSR count). The Morgan fingerprint density at radius 2 is 1.95 bits per heavy atom. The average Bonchev–Trinajstić information content (AvgIpc) is 2.89. The third-order valence-corrected chi connectivity index (χ3v) is 4.96. The highest BCUT2D eigenvalue weighted by molar-refractivity contribution is 6.00. The molecule has 0 aromatic carbocycles. The molecule has 1 N–H and O–H groups in total. The van der Waals surface area contributed by atoms with Crippen LogP contribution < -0.4 is 5.32 Å². The molecular weight excluding hydrogens is 266 g/mol. The molecule has 1 saturated carbocycles. The van der Waals surface area contributed by atoms with Crippen molar-refractivity contribution < 1.29 is 9.59 Å². The largest absolute Gasteiger partial charge is 0.340 e. The van der Waals surface area contributed by atoms with Gasteiger partial charge in [0.05, 0.1) is 0 Å². The van der Waals surface area contributed by atoms with E-state index >= 15 is 0 Å². The molecule has 2 unspecified atom stereocenters. The molecule has 2 amide bonds. The molecule has 5 heteroatoms. The Kier molecular flexibility index (Phi) is 4.91. The zero-order valence-electron chi connectivity index (χ0n) is 13.8. The number of nitrogens with zero attached hydrogens (tertiary/aromatic N) is 2. The van der Waals surface area contributed by atoms with Gasteiger partial charge in [-0.05, 0) is 53.2 Å². The number of piperazine rings is 1. The van der Waals surface area contributed by atoms with Crippen LogP contribution in [0.1, 0.15) is 52.4 Å². The Balaban J connectivity index is 2.20. The number of nitrogens with one attached hydrogen (secondary N) is 1. The second-order valence-electron chi connectivity index (χ2n) is 6.86. The molecule has 1 heterocycles. The third-order valence-electron chi connectivity index (χ3n) is 4.96. The molecule has 2 atom stereocenters. The van der Waals surface area contributed by atoms with E-state index in [9.17, 15) is 9.59 Å². The van der Waals surface area contributed by atoms with Gasteiger partial charge in [-0.2, -0.15) is 0 Å². The van der Waals surface area contributed by atoms with Crippen LogP contribution in [0.4, 0.5) is 0 Å². The minimum absolute atomic E-state index is 0.0377. The van der Waals surface area contributed by atoms with E-state index < -0.39 is 5.54 Å². The van der Waals surface area contributed by atoms with Crippen LogP contribution >= 0.6 is 0 Å². The molecule has 1 saturated heterocycles. The Bertz CT molecular complexity index is 402. The van der Waals surface area contributed by atoms with Crippen molar-refractivity contribution in [3.05, 3.63) is 0 Å². The van der Waals surface area contributed by atoms with Crippen LogP contribution in [0.25, 0.3) is 0 Å². The molecule has 21 heavy (non-hydrogen) atoms. The number of hydrogen-bond acceptors (Lipinski definition) is 3. The molecule has 5 nitrogen and oxygen atoms in total. The summed E-state index contributed by atoms with van der Waals surface area (Å²) in [7, 11) is 4.07. The molecule has 2 aliphatic rings. The van der Waals surface area contributed by atoms with Gasteiger partial charge in [0.1, 0.15) is 11.6 Å². The van der Waals surface area contributed by atoms with Crippen LogP contribution in [0.15, 0.2) is 0 Å². The summed E-state index contributed by atoms with van der Waals surface area (Å²) in [6.45, 7) is 4.98. The fourth-order valence-corrected chi connectivity index (χ4v) is 3.68. The number of hydrogen-bond donors (Lipinski definition) is 1. The van der Waals surface area contributed by atoms with Crippen molar-refractivity contribution in [3.63, 3.8) is 0 Å². The first kappa shape index (κ1) is 16.3. The highest BCUT2D eigenvalue weighted by Gasteiger charge is 2.52. The van der Waals surface area contributed by atoms with Crippen LogP contribution in [0.2, 0.25) is 0 Å². The summed E-state index contributed by atoms with van der Waals surface area (Å²) in [4.78, 5) is 29.5. The third kappa shape index (κ3) is 3.07. The SMILES string of the molecule is CCC1C(=O)NC2(CCCC2)C(=O)N1C(C)CCN(C)C. The topological polar surface area (TPSA) is 52.7 Å². The van der Waals surface area contributed by atoms with E-state index in [0.717, 1.165) is 38.6 Å². The van der Waals surface area contributed by atoms with Crippen molar-refractivity contribution in [2.45, 2.75) is 70.0 Å². The van der Waals surface area contributed by atoms with E-state index in [1.807, 2.05) is 25.9 Å². The second kappa shape index (κ2) is 6.34. The van der Waals surface area contributed by atoms with E-state index in [1.54, 1.807) is 0 Å². The maximum absolute atomic E-state index is 13.0. The summed E-state index contributed by atoms with van der Waals surface area (Å²) in [5.41, 5.74) is -0.602. The average molecular weight is 295 g/mol. The summed E-state index contributed by atoms with van der Waals surface area (Å²) in [5.74, 6) is 0.188. The van der Waals surface area contributed by atoms with E-state index in [-0.39, 0.29) is 23.9 Å². The molecule has 120 valence electrons. The normalized spacial score (nSPS) is 26.5. The zero-order chi connectivity index (χ0) is 15.6. The van der Waals surface area contributed by atoms with E-state index in [4.69, 9.17) is 0 Å². The van der Waals surface area contributed by atoms with E-state index in [0.29, 0.717) is 6.42 Å². The van der Waals surface area contributed by atoms with Gasteiger partial charge in [0, 0.05) is 6.04 Å². The number of carbonyl (C=O) groups is 2. The molecule has 0 aromatic rings. The lowest BCUT2D eigenvalue weighted by molar-refractivity contribution is -0.157. The fourth-order valence-electron chi connectivity index (χ4n) is 3.68. The van der Waals surface area contributed by atoms with Crippen molar-refractivity contribution in [1.29, 1.82) is 0 Å². The molecule has 1 aliphatic heterocycles. The van der Waals surface area contributed by atoms with Gasteiger partial charge >= 0.3 is 0 Å².